The van der Waals surface area contributed by atoms with Crippen molar-refractivity contribution in [3.63, 3.8) is 0 Å². The topological polar surface area (TPSA) is 210 Å². The number of hydrogen-bond donors (Lipinski definition) is 7. The second-order valence-corrected chi connectivity index (χ2v) is 12.1. The maximum Gasteiger partial charge on any atom is 0.255 e. The molecule has 42 heavy (non-hydrogen) atoms. The largest absolute Gasteiger partial charge is 0.488 e. The minimum absolute atomic E-state index is 0.0162. The Morgan fingerprint density at radius 1 is 1.12 bits per heavy atom. The zero-order valence-electron chi connectivity index (χ0n) is 24.7. The van der Waals surface area contributed by atoms with Crippen molar-refractivity contribution in [3.8, 4) is 5.75 Å². The van der Waals surface area contributed by atoms with Crippen molar-refractivity contribution in [2.24, 2.45) is 22.4 Å². The Hall–Kier alpha value is -3.88. The molecule has 0 aromatic heterocycles. The molecule has 0 spiro atoms. The summed E-state index contributed by atoms with van der Waals surface area (Å²) in [5.74, 6) is -0.479. The van der Waals surface area contributed by atoms with Gasteiger partial charge in [0.1, 0.15) is 18.4 Å². The zero-order valence-corrected chi connectivity index (χ0v) is 25.5. The van der Waals surface area contributed by atoms with Crippen molar-refractivity contribution in [2.45, 2.75) is 65.6 Å². The molecule has 2 rings (SSSR count). The van der Waals surface area contributed by atoms with E-state index in [0.717, 1.165) is 18.2 Å². The van der Waals surface area contributed by atoms with Gasteiger partial charge in [0.2, 0.25) is 15.9 Å². The fraction of sp³-hybridized carbons (Fsp3) is 0.464. The molecule has 14 heteroatoms. The Morgan fingerprint density at radius 2 is 1.83 bits per heavy atom. The molecule has 0 saturated carbocycles. The molecule has 2 amide bonds. The van der Waals surface area contributed by atoms with Crippen LogP contribution in [0.3, 0.4) is 0 Å². The van der Waals surface area contributed by atoms with Crippen molar-refractivity contribution in [1.82, 2.24) is 10.8 Å². The van der Waals surface area contributed by atoms with Gasteiger partial charge in [-0.3, -0.25) is 19.3 Å². The first-order chi connectivity index (χ1) is 19.7. The molecule has 9 N–H and O–H groups in total. The monoisotopic (exact) mass is 605 g/mol. The highest BCUT2D eigenvalue weighted by Crippen LogP contribution is 2.27. The van der Waals surface area contributed by atoms with Crippen molar-refractivity contribution >= 4 is 39.2 Å². The molecule has 0 aliphatic heterocycles. The highest BCUT2D eigenvalue weighted by Gasteiger charge is 2.21. The molecule has 3 atom stereocenters. The van der Waals surface area contributed by atoms with Crippen LogP contribution in [0.1, 0.15) is 61.5 Å². The first-order valence-electron chi connectivity index (χ1n) is 13.6. The Morgan fingerprint density at radius 3 is 2.45 bits per heavy atom. The van der Waals surface area contributed by atoms with Crippen molar-refractivity contribution in [3.05, 3.63) is 53.1 Å². The van der Waals surface area contributed by atoms with Crippen LogP contribution in [0.15, 0.2) is 41.4 Å². The summed E-state index contributed by atoms with van der Waals surface area (Å²) >= 11 is 0. The molecule has 0 radical (unpaired) electrons. The summed E-state index contributed by atoms with van der Waals surface area (Å²) < 4.78 is 32.0. The van der Waals surface area contributed by atoms with E-state index in [9.17, 15) is 23.2 Å². The first kappa shape index (κ1) is 34.3. The number of nitrogens with zero attached hydrogens (tertiary/aromatic N) is 1. The summed E-state index contributed by atoms with van der Waals surface area (Å²) in [5, 5.41) is 15.3. The van der Waals surface area contributed by atoms with Gasteiger partial charge in [-0.25, -0.2) is 8.42 Å². The molecule has 232 valence electrons. The molecular weight excluding hydrogens is 562 g/mol. The average molecular weight is 606 g/mol. The minimum atomic E-state index is -3.57. The summed E-state index contributed by atoms with van der Waals surface area (Å²) in [5.41, 5.74) is 15.0. The summed E-state index contributed by atoms with van der Waals surface area (Å²) in [6, 6.07) is 8.81. The van der Waals surface area contributed by atoms with Crippen LogP contribution in [0.2, 0.25) is 0 Å². The second-order valence-electron chi connectivity index (χ2n) is 10.3. The van der Waals surface area contributed by atoms with Gasteiger partial charge >= 0.3 is 0 Å². The summed E-state index contributed by atoms with van der Waals surface area (Å²) in [7, 11) is -3.57. The lowest BCUT2D eigenvalue weighted by molar-refractivity contribution is -0.120. The van der Waals surface area contributed by atoms with Gasteiger partial charge in [0.15, 0.2) is 5.96 Å². The number of nitrogens with one attached hydrogen (secondary N) is 4. The van der Waals surface area contributed by atoms with E-state index in [-0.39, 0.29) is 47.9 Å². The van der Waals surface area contributed by atoms with Gasteiger partial charge in [-0.1, -0.05) is 32.4 Å². The Kier molecular flexibility index (Phi) is 13.0. The van der Waals surface area contributed by atoms with Gasteiger partial charge in [0, 0.05) is 29.5 Å². The number of guanidine groups is 1. The van der Waals surface area contributed by atoms with E-state index in [1.54, 1.807) is 12.1 Å². The van der Waals surface area contributed by atoms with Gasteiger partial charge in [-0.15, -0.1) is 0 Å². The number of carbonyl (C=O) groups excluding carboxylic acids is 2. The lowest BCUT2D eigenvalue weighted by Gasteiger charge is -2.21. The molecule has 2 aromatic rings. The molecule has 0 saturated heterocycles. The minimum Gasteiger partial charge on any atom is -0.488 e. The van der Waals surface area contributed by atoms with E-state index in [1.807, 2.05) is 39.2 Å². The van der Waals surface area contributed by atoms with Crippen LogP contribution in [0.25, 0.3) is 0 Å². The number of carbonyl (C=O) groups is 2. The normalized spacial score (nSPS) is 13.4. The molecule has 0 aliphatic rings. The predicted molar refractivity (Wildman–Crippen MR) is 164 cm³/mol. The second kappa shape index (κ2) is 15.9. The Balaban J connectivity index is 2.28. The standard InChI is InChI=1S/C28H43N7O6S/c1-6-18(3)19(4)32-26(36)22-15-21(35-42(5,39)40)11-12-25(22)41-16-20-10-9-17(2)14-24(20)33-27(37)23(34-38)8-7-13-31-28(29)30/h9-12,14-15,18-19,23,34-35,38H,6-8,13,16H2,1-5H3,(H,32,36)(H,33,37)(H4,29,30,31)/t18?,19-,23?/m1/s1. The van der Waals surface area contributed by atoms with Crippen LogP contribution in [0, 0.1) is 12.8 Å². The Bertz CT molecular complexity index is 1360. The number of sulfonamides is 1. The van der Waals surface area contributed by atoms with Crippen LogP contribution >= 0.6 is 0 Å². The van der Waals surface area contributed by atoms with Crippen molar-refractivity contribution in [2.75, 3.05) is 22.8 Å². The highest BCUT2D eigenvalue weighted by molar-refractivity contribution is 7.92. The van der Waals surface area contributed by atoms with Crippen LogP contribution < -0.4 is 37.0 Å². The van der Waals surface area contributed by atoms with E-state index < -0.39 is 27.9 Å². The van der Waals surface area contributed by atoms with E-state index in [0.29, 0.717) is 24.2 Å². The van der Waals surface area contributed by atoms with E-state index >= 15 is 0 Å². The summed E-state index contributed by atoms with van der Waals surface area (Å²) in [6.07, 6.45) is 2.62. The number of anilines is 2. The third-order valence-electron chi connectivity index (χ3n) is 6.71. The number of benzene rings is 2. The van der Waals surface area contributed by atoms with E-state index in [4.69, 9.17) is 16.2 Å². The predicted octanol–water partition coefficient (Wildman–Crippen LogP) is 2.45. The van der Waals surface area contributed by atoms with Crippen LogP contribution in [-0.2, 0) is 21.4 Å². The van der Waals surface area contributed by atoms with Gasteiger partial charge in [-0.05, 0) is 62.4 Å². The van der Waals surface area contributed by atoms with Gasteiger partial charge in [0.05, 0.1) is 11.8 Å². The molecule has 2 aromatic carbocycles. The highest BCUT2D eigenvalue weighted by atomic mass is 32.2. The van der Waals surface area contributed by atoms with Crippen LogP contribution in [0.4, 0.5) is 11.4 Å². The van der Waals surface area contributed by atoms with Gasteiger partial charge in [0.25, 0.3) is 5.91 Å². The van der Waals surface area contributed by atoms with Crippen LogP contribution in [0.5, 0.6) is 5.75 Å². The number of aliphatic imine (C=N–C) groups is 1. The number of rotatable bonds is 16. The molecule has 0 aliphatic carbocycles. The fourth-order valence-electron chi connectivity index (χ4n) is 3.96. The molecule has 0 bridgehead atoms. The quantitative estimate of drug-likeness (QED) is 0.0647. The number of aryl methyl sites for hydroxylation is 1. The van der Waals surface area contributed by atoms with E-state index in [1.165, 1.54) is 18.2 Å². The molecule has 2 unspecified atom stereocenters. The van der Waals surface area contributed by atoms with Crippen molar-refractivity contribution < 1.29 is 28.0 Å². The van der Waals surface area contributed by atoms with Crippen molar-refractivity contribution in [1.29, 1.82) is 0 Å². The lowest BCUT2D eigenvalue weighted by atomic mass is 10.0. The zero-order chi connectivity index (χ0) is 31.4. The number of hydrogen-bond acceptors (Lipinski definition) is 8. The summed E-state index contributed by atoms with van der Waals surface area (Å²) in [6.45, 7) is 8.12. The van der Waals surface area contributed by atoms with E-state index in [2.05, 4.69) is 20.3 Å². The first-order valence-corrected chi connectivity index (χ1v) is 15.5. The number of amides is 2. The molecule has 0 fully saturated rings. The van der Waals surface area contributed by atoms with Gasteiger partial charge < -0.3 is 32.0 Å². The fourth-order valence-corrected chi connectivity index (χ4v) is 4.51. The number of nitrogens with two attached hydrogens (primary N) is 2. The maximum absolute atomic E-state index is 13.3. The average Bonchev–Trinajstić information content (AvgIpc) is 2.91. The SMILES string of the molecule is CCC(C)[C@@H](C)NC(=O)c1cc(NS(C)(=O)=O)ccc1OCc1ccc(C)cc1NC(=O)C(CCCN=C(N)N)NO. The van der Waals surface area contributed by atoms with Crippen LogP contribution in [-0.4, -0.2) is 56.3 Å². The van der Waals surface area contributed by atoms with Gasteiger partial charge in [-0.2, -0.15) is 5.48 Å². The molecule has 13 nitrogen and oxygen atoms in total. The number of hydroxylamine groups is 1. The smallest absolute Gasteiger partial charge is 0.255 e. The third-order valence-corrected chi connectivity index (χ3v) is 7.31. The maximum atomic E-state index is 13.3. The molecular formula is C28H43N7O6S. The Labute approximate surface area is 247 Å². The third kappa shape index (κ3) is 11.2. The lowest BCUT2D eigenvalue weighted by Crippen LogP contribution is -2.39. The number of ether oxygens (including phenoxy) is 1. The summed E-state index contributed by atoms with van der Waals surface area (Å²) in [4.78, 5) is 30.1. The molecule has 0 heterocycles.